The molecule has 0 radical (unpaired) electrons. The van der Waals surface area contributed by atoms with Crippen LogP contribution in [0.2, 0.25) is 10.0 Å². The molecule has 7 rings (SSSR count). The van der Waals surface area contributed by atoms with Crippen molar-refractivity contribution in [3.8, 4) is 11.1 Å². The van der Waals surface area contributed by atoms with Crippen LogP contribution in [0.15, 0.2) is 24.9 Å². The molecule has 2 aromatic heterocycles. The number of halogens is 2. The van der Waals surface area contributed by atoms with Gasteiger partial charge in [-0.2, -0.15) is 10.2 Å². The lowest BCUT2D eigenvalue weighted by Gasteiger charge is -2.54. The quantitative estimate of drug-likeness (QED) is 0.317. The molecule has 1 atom stereocenters. The molecule has 4 saturated heterocycles. The number of rotatable bonds is 6. The average molecular weight is 682 g/mol. The molecule has 4 aliphatic heterocycles. The van der Waals surface area contributed by atoms with E-state index < -0.39 is 0 Å². The van der Waals surface area contributed by atoms with Crippen molar-refractivity contribution in [1.29, 1.82) is 0 Å². The Morgan fingerprint density at radius 1 is 1.09 bits per heavy atom. The number of fused-ring (bicyclic) bond motifs is 1. The number of carbonyl (C=O) groups excluding carboxylic acids is 2. The van der Waals surface area contributed by atoms with Crippen molar-refractivity contribution >= 4 is 51.7 Å². The third-order valence-electron chi connectivity index (χ3n) is 11.5. The standard InChI is InChI=1S/C35H46Cl2N8O2/c1-6-29(47)41-13-9-25(10-14-41)45-22(2)30(31-26-18-38-39-28(26)16-27(36)32(31)37)33(40-45)44-15-8-24(17-34(44,4)5)19-43-12-7-11-35(43)20-42(21-35)23(3)46/h6,16,18,24-25H,1,7-15,17,19-21H2,2-5H3,(H,38,39)/t24-/m1/s1. The Labute approximate surface area is 287 Å². The van der Waals surface area contributed by atoms with Crippen molar-refractivity contribution in [2.24, 2.45) is 5.92 Å². The number of piperidine rings is 2. The topological polar surface area (TPSA) is 93.6 Å². The zero-order valence-electron chi connectivity index (χ0n) is 28.0. The first-order valence-corrected chi connectivity index (χ1v) is 17.8. The van der Waals surface area contributed by atoms with Crippen LogP contribution < -0.4 is 4.90 Å². The Kier molecular flexibility index (Phi) is 8.36. The summed E-state index contributed by atoms with van der Waals surface area (Å²) in [7, 11) is 0. The number of amides is 2. The molecule has 0 aliphatic carbocycles. The maximum Gasteiger partial charge on any atom is 0.245 e. The molecule has 0 saturated carbocycles. The van der Waals surface area contributed by atoms with E-state index in [0.29, 0.717) is 29.1 Å². The smallest absolute Gasteiger partial charge is 0.245 e. The number of aromatic amines is 1. The minimum atomic E-state index is -0.165. The zero-order valence-corrected chi connectivity index (χ0v) is 29.5. The Hall–Kier alpha value is -3.08. The van der Waals surface area contributed by atoms with Gasteiger partial charge in [0.1, 0.15) is 0 Å². The molecular weight excluding hydrogens is 635 g/mol. The summed E-state index contributed by atoms with van der Waals surface area (Å²) < 4.78 is 2.18. The van der Waals surface area contributed by atoms with Gasteiger partial charge >= 0.3 is 0 Å². The minimum Gasteiger partial charge on any atom is -0.349 e. The van der Waals surface area contributed by atoms with Gasteiger partial charge in [-0.1, -0.05) is 29.8 Å². The van der Waals surface area contributed by atoms with E-state index in [9.17, 15) is 9.59 Å². The highest BCUT2D eigenvalue weighted by atomic mass is 35.5. The highest BCUT2D eigenvalue weighted by molar-refractivity contribution is 6.45. The number of likely N-dealkylation sites (tertiary alicyclic amines) is 3. The summed E-state index contributed by atoms with van der Waals surface area (Å²) in [6.07, 6.45) is 9.34. The molecule has 4 fully saturated rings. The van der Waals surface area contributed by atoms with Gasteiger partial charge in [-0.25, -0.2) is 0 Å². The second kappa shape index (κ2) is 12.1. The molecule has 6 heterocycles. The molecule has 10 nitrogen and oxygen atoms in total. The molecule has 0 bridgehead atoms. The van der Waals surface area contributed by atoms with Crippen molar-refractivity contribution in [2.45, 2.75) is 83.3 Å². The van der Waals surface area contributed by atoms with Gasteiger partial charge in [0.2, 0.25) is 11.8 Å². The average Bonchev–Trinajstić information content (AvgIpc) is 3.74. The second-order valence-corrected chi connectivity index (χ2v) is 15.6. The van der Waals surface area contributed by atoms with Gasteiger partial charge < -0.3 is 14.7 Å². The van der Waals surface area contributed by atoms with Crippen LogP contribution in [-0.4, -0.2) is 103 Å². The number of nitrogens with one attached hydrogen (secondary N) is 1. The molecule has 4 aliphatic rings. The van der Waals surface area contributed by atoms with E-state index in [0.717, 1.165) is 91.9 Å². The molecule has 3 aromatic rings. The summed E-state index contributed by atoms with van der Waals surface area (Å²) in [5.74, 6) is 1.64. The van der Waals surface area contributed by atoms with Gasteiger partial charge in [0.25, 0.3) is 0 Å². The van der Waals surface area contributed by atoms with Crippen molar-refractivity contribution < 1.29 is 9.59 Å². The van der Waals surface area contributed by atoms with Crippen LogP contribution in [0, 0.1) is 12.8 Å². The summed E-state index contributed by atoms with van der Waals surface area (Å²) >= 11 is 13.8. The number of carbonyl (C=O) groups is 2. The number of anilines is 1. The summed E-state index contributed by atoms with van der Waals surface area (Å²) in [6, 6.07) is 1.98. The molecule has 1 spiro atoms. The van der Waals surface area contributed by atoms with Crippen LogP contribution in [0.3, 0.4) is 0 Å². The normalized spacial score (nSPS) is 23.1. The van der Waals surface area contributed by atoms with Crippen molar-refractivity contribution in [2.75, 3.05) is 50.7 Å². The maximum absolute atomic E-state index is 12.3. The van der Waals surface area contributed by atoms with Crippen molar-refractivity contribution in [3.63, 3.8) is 0 Å². The number of aromatic nitrogens is 4. The predicted molar refractivity (Wildman–Crippen MR) is 187 cm³/mol. The van der Waals surface area contributed by atoms with Gasteiger partial charge in [-0.15, -0.1) is 0 Å². The van der Waals surface area contributed by atoms with E-state index >= 15 is 0 Å². The Bertz CT molecular complexity index is 1720. The van der Waals surface area contributed by atoms with E-state index in [2.05, 4.69) is 52.0 Å². The van der Waals surface area contributed by atoms with Gasteiger partial charge in [0.05, 0.1) is 33.3 Å². The predicted octanol–water partition coefficient (Wildman–Crippen LogP) is 6.08. The number of hydrogen-bond donors (Lipinski definition) is 1. The van der Waals surface area contributed by atoms with Crippen molar-refractivity contribution in [3.05, 3.63) is 40.7 Å². The lowest BCUT2D eigenvalue weighted by molar-refractivity contribution is -0.142. The van der Waals surface area contributed by atoms with E-state index in [4.69, 9.17) is 28.3 Å². The first kappa shape index (κ1) is 32.5. The van der Waals surface area contributed by atoms with Gasteiger partial charge in [0, 0.05) is 73.9 Å². The lowest BCUT2D eigenvalue weighted by atomic mass is 9.80. The van der Waals surface area contributed by atoms with E-state index in [-0.39, 0.29) is 28.9 Å². The largest absolute Gasteiger partial charge is 0.349 e. The maximum atomic E-state index is 12.3. The summed E-state index contributed by atoms with van der Waals surface area (Å²) in [5.41, 5.74) is 3.73. The molecule has 12 heteroatoms. The Morgan fingerprint density at radius 3 is 2.51 bits per heavy atom. The van der Waals surface area contributed by atoms with Crippen LogP contribution in [0.25, 0.3) is 22.0 Å². The summed E-state index contributed by atoms with van der Waals surface area (Å²) in [5, 5.41) is 14.7. The number of benzene rings is 1. The summed E-state index contributed by atoms with van der Waals surface area (Å²) in [4.78, 5) is 33.3. The van der Waals surface area contributed by atoms with Crippen LogP contribution in [0.1, 0.15) is 71.0 Å². The lowest BCUT2D eigenvalue weighted by Crippen LogP contribution is -2.69. The molecule has 2 amide bonds. The van der Waals surface area contributed by atoms with Gasteiger partial charge in [-0.3, -0.25) is 24.3 Å². The molecule has 1 N–H and O–H groups in total. The number of hydrogen-bond acceptors (Lipinski definition) is 6. The van der Waals surface area contributed by atoms with Crippen molar-refractivity contribution in [1.82, 2.24) is 34.7 Å². The van der Waals surface area contributed by atoms with Crippen LogP contribution in [0.5, 0.6) is 0 Å². The fraction of sp³-hybridized carbons (Fsp3) is 0.600. The molecule has 0 unspecified atom stereocenters. The molecule has 47 heavy (non-hydrogen) atoms. The van der Waals surface area contributed by atoms with Crippen LogP contribution in [-0.2, 0) is 9.59 Å². The van der Waals surface area contributed by atoms with E-state index in [1.165, 1.54) is 18.9 Å². The van der Waals surface area contributed by atoms with Gasteiger partial charge in [0.15, 0.2) is 5.82 Å². The summed E-state index contributed by atoms with van der Waals surface area (Å²) in [6.45, 7) is 18.3. The number of nitrogens with zero attached hydrogens (tertiary/aromatic N) is 7. The zero-order chi connectivity index (χ0) is 33.2. The minimum absolute atomic E-state index is 0.0203. The fourth-order valence-corrected chi connectivity index (χ4v) is 9.45. The van der Waals surface area contributed by atoms with E-state index in [1.807, 2.05) is 22.1 Å². The van der Waals surface area contributed by atoms with E-state index in [1.54, 1.807) is 6.92 Å². The Balaban J connectivity index is 1.21. The first-order valence-electron chi connectivity index (χ1n) is 17.0. The highest BCUT2D eigenvalue weighted by Crippen LogP contribution is 2.49. The molecule has 1 aromatic carbocycles. The second-order valence-electron chi connectivity index (χ2n) is 14.8. The van der Waals surface area contributed by atoms with Gasteiger partial charge in [-0.05, 0) is 83.9 Å². The fourth-order valence-electron chi connectivity index (χ4n) is 9.00. The third kappa shape index (κ3) is 5.54. The third-order valence-corrected chi connectivity index (χ3v) is 12.3. The van der Waals surface area contributed by atoms with Crippen LogP contribution in [0.4, 0.5) is 5.82 Å². The molecular formula is C35H46Cl2N8O2. The van der Waals surface area contributed by atoms with Crippen LogP contribution >= 0.6 is 23.2 Å². The number of H-pyrrole nitrogens is 1. The Morgan fingerprint density at radius 2 is 1.83 bits per heavy atom. The molecule has 252 valence electrons. The SMILES string of the molecule is C=CC(=O)N1CCC(n2nc(N3CC[C@@H](CN4CCCC45CN(C(C)=O)C5)CC3(C)C)c(-c3c(Cl)c(Cl)cc4[nH]ncc34)c2C)CC1. The highest BCUT2D eigenvalue weighted by Gasteiger charge is 2.52. The first-order chi connectivity index (χ1) is 22.4. The monoisotopic (exact) mass is 680 g/mol.